The average molecular weight is 325 g/mol. The van der Waals surface area contributed by atoms with Gasteiger partial charge in [-0.1, -0.05) is 30.3 Å². The van der Waals surface area contributed by atoms with Gasteiger partial charge in [-0.3, -0.25) is 4.79 Å². The molecule has 0 aliphatic carbocycles. The third-order valence-electron chi connectivity index (χ3n) is 3.96. The van der Waals surface area contributed by atoms with Gasteiger partial charge in [0.1, 0.15) is 22.6 Å². The summed E-state index contributed by atoms with van der Waals surface area (Å²) in [5.74, 6) is -0.00493. The van der Waals surface area contributed by atoms with Gasteiger partial charge in [-0.25, -0.2) is 0 Å². The molecule has 1 heterocycles. The summed E-state index contributed by atoms with van der Waals surface area (Å²) in [6.07, 6.45) is 1.53. The molecule has 5 nitrogen and oxygen atoms in total. The Hall–Kier alpha value is -2.79. The van der Waals surface area contributed by atoms with Crippen LogP contribution >= 0.6 is 0 Å². The zero-order valence-electron chi connectivity index (χ0n) is 13.6. The van der Waals surface area contributed by atoms with Crippen molar-refractivity contribution in [1.29, 1.82) is 0 Å². The number of ketones is 1. The van der Waals surface area contributed by atoms with E-state index in [9.17, 15) is 9.90 Å². The third kappa shape index (κ3) is 2.86. The quantitative estimate of drug-likeness (QED) is 0.677. The topological polar surface area (TPSA) is 71.7 Å². The van der Waals surface area contributed by atoms with Crippen molar-refractivity contribution in [2.45, 2.75) is 20.0 Å². The molecule has 0 spiro atoms. The largest absolute Gasteiger partial charge is 0.507 e. The predicted molar refractivity (Wildman–Crippen MR) is 91.4 cm³/mol. The fraction of sp³-hybridized carbons (Fsp3) is 0.211. The fourth-order valence-electron chi connectivity index (χ4n) is 2.85. The number of aromatic hydroxyl groups is 1. The second kappa shape index (κ2) is 6.76. The van der Waals surface area contributed by atoms with E-state index in [-0.39, 0.29) is 17.1 Å². The van der Waals surface area contributed by atoms with Gasteiger partial charge in [-0.15, -0.1) is 0 Å². The molecular weight excluding hydrogens is 306 g/mol. The summed E-state index contributed by atoms with van der Waals surface area (Å²) in [6.45, 7) is 2.42. The number of hydrogen-bond donors (Lipinski definition) is 2. The van der Waals surface area contributed by atoms with Crippen molar-refractivity contribution >= 4 is 16.8 Å². The van der Waals surface area contributed by atoms with Crippen LogP contribution in [-0.4, -0.2) is 18.0 Å². The summed E-state index contributed by atoms with van der Waals surface area (Å²) in [5, 5.41) is 14.5. The van der Waals surface area contributed by atoms with E-state index in [0.29, 0.717) is 35.4 Å². The number of hydrogen-bond acceptors (Lipinski definition) is 5. The van der Waals surface area contributed by atoms with Crippen molar-refractivity contribution in [1.82, 2.24) is 5.32 Å². The molecule has 0 aliphatic heterocycles. The van der Waals surface area contributed by atoms with Crippen LogP contribution in [0.25, 0.3) is 11.0 Å². The first-order chi connectivity index (χ1) is 11.6. The van der Waals surface area contributed by atoms with E-state index in [1.807, 2.05) is 30.3 Å². The number of phenols is 1. The second-order valence-corrected chi connectivity index (χ2v) is 5.54. The van der Waals surface area contributed by atoms with E-state index in [4.69, 9.17) is 9.15 Å². The number of phenolic OH excluding ortho intramolecular Hbond substituents is 1. The molecule has 0 fully saturated rings. The number of benzene rings is 2. The van der Waals surface area contributed by atoms with Crippen LogP contribution in [-0.2, 0) is 13.1 Å². The Kier molecular flexibility index (Phi) is 4.53. The SMILES string of the molecule is COc1c(C(C)=O)c(O)c(CNCc2ccccc2)c2occc12. The van der Waals surface area contributed by atoms with Crippen molar-refractivity contribution in [3.05, 3.63) is 59.4 Å². The van der Waals surface area contributed by atoms with E-state index < -0.39 is 0 Å². The number of furan rings is 1. The number of fused-ring (bicyclic) bond motifs is 1. The molecule has 124 valence electrons. The Bertz CT molecular complexity index is 868. The third-order valence-corrected chi connectivity index (χ3v) is 3.96. The minimum atomic E-state index is -0.253. The lowest BCUT2D eigenvalue weighted by atomic mass is 10.0. The Morgan fingerprint density at radius 1 is 1.21 bits per heavy atom. The van der Waals surface area contributed by atoms with Gasteiger partial charge < -0.3 is 19.6 Å². The van der Waals surface area contributed by atoms with E-state index in [2.05, 4.69) is 5.32 Å². The molecular formula is C19H19NO4. The first-order valence-corrected chi connectivity index (χ1v) is 7.68. The first-order valence-electron chi connectivity index (χ1n) is 7.68. The van der Waals surface area contributed by atoms with Crippen molar-refractivity contribution in [3.63, 3.8) is 0 Å². The summed E-state index contributed by atoms with van der Waals surface area (Å²) in [4.78, 5) is 12.0. The van der Waals surface area contributed by atoms with E-state index >= 15 is 0 Å². The van der Waals surface area contributed by atoms with Crippen LogP contribution in [0.5, 0.6) is 11.5 Å². The Labute approximate surface area is 139 Å². The highest BCUT2D eigenvalue weighted by molar-refractivity contribution is 6.06. The minimum Gasteiger partial charge on any atom is -0.507 e. The predicted octanol–water partition coefficient (Wildman–Crippen LogP) is 3.64. The van der Waals surface area contributed by atoms with Crippen LogP contribution in [0.4, 0.5) is 0 Å². The van der Waals surface area contributed by atoms with Gasteiger partial charge in [-0.2, -0.15) is 0 Å². The Morgan fingerprint density at radius 2 is 1.96 bits per heavy atom. The monoisotopic (exact) mass is 325 g/mol. The lowest BCUT2D eigenvalue weighted by Crippen LogP contribution is -2.14. The van der Waals surface area contributed by atoms with Gasteiger partial charge in [0.05, 0.1) is 24.3 Å². The summed E-state index contributed by atoms with van der Waals surface area (Å²) < 4.78 is 10.8. The minimum absolute atomic E-state index is 0.0950. The van der Waals surface area contributed by atoms with Crippen LogP contribution in [0.3, 0.4) is 0 Å². The van der Waals surface area contributed by atoms with E-state index in [0.717, 1.165) is 5.56 Å². The molecule has 2 aromatic carbocycles. The number of carbonyl (C=O) groups is 1. The maximum atomic E-state index is 12.0. The molecule has 0 saturated carbocycles. The van der Waals surface area contributed by atoms with E-state index in [1.54, 1.807) is 6.07 Å². The van der Waals surface area contributed by atoms with Gasteiger partial charge in [-0.05, 0) is 18.6 Å². The highest BCUT2D eigenvalue weighted by Gasteiger charge is 2.24. The molecule has 0 unspecified atom stereocenters. The standard InChI is InChI=1S/C19H19NO4/c1-12(21)16-17(22)15(11-20-10-13-6-4-3-5-7-13)18-14(8-9-24-18)19(16)23-2/h3-9,20,22H,10-11H2,1-2H3. The molecule has 3 rings (SSSR count). The van der Waals surface area contributed by atoms with Crippen LogP contribution in [0.15, 0.2) is 47.1 Å². The maximum absolute atomic E-state index is 12.0. The molecule has 5 heteroatoms. The van der Waals surface area contributed by atoms with E-state index in [1.165, 1.54) is 20.3 Å². The fourth-order valence-corrected chi connectivity index (χ4v) is 2.85. The van der Waals surface area contributed by atoms with Crippen molar-refractivity contribution in [2.24, 2.45) is 0 Å². The van der Waals surface area contributed by atoms with Crippen LogP contribution < -0.4 is 10.1 Å². The van der Waals surface area contributed by atoms with Crippen LogP contribution in [0.2, 0.25) is 0 Å². The van der Waals surface area contributed by atoms with Crippen molar-refractivity contribution < 1.29 is 19.1 Å². The van der Waals surface area contributed by atoms with Gasteiger partial charge in [0.2, 0.25) is 0 Å². The molecule has 0 aliphatic rings. The van der Waals surface area contributed by atoms with Gasteiger partial charge in [0.25, 0.3) is 0 Å². The highest BCUT2D eigenvalue weighted by atomic mass is 16.5. The van der Waals surface area contributed by atoms with Gasteiger partial charge >= 0.3 is 0 Å². The summed E-state index contributed by atoms with van der Waals surface area (Å²) >= 11 is 0. The Balaban J connectivity index is 1.96. The van der Waals surface area contributed by atoms with Crippen molar-refractivity contribution in [2.75, 3.05) is 7.11 Å². The summed E-state index contributed by atoms with van der Waals surface area (Å²) in [5.41, 5.74) is 2.39. The highest BCUT2D eigenvalue weighted by Crippen LogP contribution is 2.41. The van der Waals surface area contributed by atoms with Gasteiger partial charge in [0, 0.05) is 13.1 Å². The number of carbonyl (C=O) groups excluding carboxylic acids is 1. The number of methoxy groups -OCH3 is 1. The normalized spacial score (nSPS) is 10.9. The molecule has 1 aromatic heterocycles. The second-order valence-electron chi connectivity index (χ2n) is 5.54. The zero-order valence-corrected chi connectivity index (χ0v) is 13.6. The van der Waals surface area contributed by atoms with Gasteiger partial charge in [0.15, 0.2) is 5.78 Å². The molecule has 3 aromatic rings. The number of nitrogens with one attached hydrogen (secondary N) is 1. The number of ether oxygens (including phenoxy) is 1. The molecule has 0 saturated heterocycles. The number of rotatable bonds is 6. The molecule has 2 N–H and O–H groups in total. The zero-order chi connectivity index (χ0) is 17.1. The summed E-state index contributed by atoms with van der Waals surface area (Å²) in [6, 6.07) is 11.7. The molecule has 0 amide bonds. The van der Waals surface area contributed by atoms with Crippen LogP contribution in [0, 0.1) is 0 Å². The maximum Gasteiger partial charge on any atom is 0.167 e. The Morgan fingerprint density at radius 3 is 2.62 bits per heavy atom. The smallest absolute Gasteiger partial charge is 0.167 e. The van der Waals surface area contributed by atoms with Crippen molar-refractivity contribution in [3.8, 4) is 11.5 Å². The van der Waals surface area contributed by atoms with Crippen LogP contribution in [0.1, 0.15) is 28.4 Å². The summed E-state index contributed by atoms with van der Waals surface area (Å²) in [7, 11) is 1.47. The first kappa shape index (κ1) is 16.1. The molecule has 0 radical (unpaired) electrons. The average Bonchev–Trinajstić information content (AvgIpc) is 3.06. The lowest BCUT2D eigenvalue weighted by molar-refractivity contribution is 0.101. The molecule has 0 bridgehead atoms. The molecule has 24 heavy (non-hydrogen) atoms. The number of Topliss-reactive ketones (excluding diaryl/α,β-unsaturated/α-hetero) is 1. The lowest BCUT2D eigenvalue weighted by Gasteiger charge is -2.14. The molecule has 0 atom stereocenters.